The number of methoxy groups -OCH3 is 1. The molecule has 2 aromatic rings. The lowest BCUT2D eigenvalue weighted by atomic mass is 10.3. The van der Waals surface area contributed by atoms with Gasteiger partial charge in [-0.25, -0.2) is 0 Å². The van der Waals surface area contributed by atoms with E-state index >= 15 is 0 Å². The molecule has 0 bridgehead atoms. The minimum Gasteiger partial charge on any atom is -0.494 e. The third-order valence-electron chi connectivity index (χ3n) is 2.83. The number of imidazole rings is 1. The average Bonchev–Trinajstić information content (AvgIpc) is 2.71. The fourth-order valence-electron chi connectivity index (χ4n) is 1.88. The van der Waals surface area contributed by atoms with Crippen LogP contribution in [0.15, 0.2) is 18.2 Å². The largest absolute Gasteiger partial charge is 0.494 e. The lowest BCUT2D eigenvalue weighted by molar-refractivity contribution is -0.120. The fraction of sp³-hybridized carbons (Fsp3) is 0.333. The Kier molecular flexibility index (Phi) is 3.66. The first-order chi connectivity index (χ1) is 8.67. The van der Waals surface area contributed by atoms with E-state index in [0.717, 1.165) is 16.8 Å². The van der Waals surface area contributed by atoms with Crippen LogP contribution in [0.1, 0.15) is 6.42 Å². The van der Waals surface area contributed by atoms with Crippen LogP contribution >= 0.6 is 12.2 Å². The summed E-state index contributed by atoms with van der Waals surface area (Å²) < 4.78 is 7.77. The molecule has 0 aliphatic rings. The number of carbonyl (C=O) groups excluding carboxylic acids is 1. The quantitative estimate of drug-likeness (QED) is 0.829. The summed E-state index contributed by atoms with van der Waals surface area (Å²) in [6, 6.07) is 5.73. The number of hydrogen-bond donors (Lipinski definition) is 2. The molecule has 0 aliphatic carbocycles. The number of amides is 1. The van der Waals surface area contributed by atoms with Crippen LogP contribution in [0, 0.1) is 4.77 Å². The van der Waals surface area contributed by atoms with Gasteiger partial charge in [0.05, 0.1) is 12.6 Å². The molecule has 0 saturated heterocycles. The number of aromatic amines is 1. The normalized spacial score (nSPS) is 10.6. The second-order valence-corrected chi connectivity index (χ2v) is 4.25. The Balaban J connectivity index is 2.42. The van der Waals surface area contributed by atoms with Crippen LogP contribution < -0.4 is 10.1 Å². The third-order valence-corrected chi connectivity index (χ3v) is 3.16. The van der Waals surface area contributed by atoms with Crippen LogP contribution in [0.25, 0.3) is 11.0 Å². The monoisotopic (exact) mass is 265 g/mol. The molecule has 18 heavy (non-hydrogen) atoms. The summed E-state index contributed by atoms with van der Waals surface area (Å²) in [6.07, 6.45) is 0.398. The molecule has 1 heterocycles. The van der Waals surface area contributed by atoms with Gasteiger partial charge in [0.1, 0.15) is 11.3 Å². The highest BCUT2D eigenvalue weighted by molar-refractivity contribution is 7.71. The highest BCUT2D eigenvalue weighted by Gasteiger charge is 2.09. The Hall–Kier alpha value is -1.82. The van der Waals surface area contributed by atoms with E-state index < -0.39 is 0 Å². The molecule has 1 amide bonds. The first-order valence-electron chi connectivity index (χ1n) is 5.63. The summed E-state index contributed by atoms with van der Waals surface area (Å²) in [5, 5.41) is 2.60. The Morgan fingerprint density at radius 2 is 2.33 bits per heavy atom. The van der Waals surface area contributed by atoms with Crippen molar-refractivity contribution in [3.8, 4) is 5.75 Å². The summed E-state index contributed by atoms with van der Waals surface area (Å²) in [4.78, 5) is 14.4. The lowest BCUT2D eigenvalue weighted by Crippen LogP contribution is -2.19. The summed E-state index contributed by atoms with van der Waals surface area (Å²) in [5.74, 6) is 0.742. The SMILES string of the molecule is CNC(=O)CCn1c(=S)[nH]c2c(OC)cccc21. The van der Waals surface area contributed by atoms with Crippen molar-refractivity contribution in [1.29, 1.82) is 0 Å². The molecular weight excluding hydrogens is 250 g/mol. The molecule has 5 nitrogen and oxygen atoms in total. The minimum atomic E-state index is -0.00542. The number of para-hydroxylation sites is 1. The van der Waals surface area contributed by atoms with E-state index in [4.69, 9.17) is 17.0 Å². The third kappa shape index (κ3) is 2.24. The maximum Gasteiger partial charge on any atom is 0.221 e. The van der Waals surface area contributed by atoms with Crippen molar-refractivity contribution in [2.75, 3.05) is 14.2 Å². The van der Waals surface area contributed by atoms with Gasteiger partial charge in [-0.2, -0.15) is 0 Å². The molecule has 1 aromatic carbocycles. The molecule has 0 saturated carbocycles. The van der Waals surface area contributed by atoms with Gasteiger partial charge in [-0.05, 0) is 24.4 Å². The molecule has 1 aromatic heterocycles. The average molecular weight is 265 g/mol. The number of carbonyl (C=O) groups is 1. The smallest absolute Gasteiger partial charge is 0.221 e. The van der Waals surface area contributed by atoms with Crippen molar-refractivity contribution >= 4 is 29.2 Å². The number of aryl methyl sites for hydroxylation is 1. The van der Waals surface area contributed by atoms with Gasteiger partial charge in [0.25, 0.3) is 0 Å². The second-order valence-electron chi connectivity index (χ2n) is 3.86. The van der Waals surface area contributed by atoms with Crippen LogP contribution in [0.5, 0.6) is 5.75 Å². The van der Waals surface area contributed by atoms with Gasteiger partial charge >= 0.3 is 0 Å². The van der Waals surface area contributed by atoms with Crippen molar-refractivity contribution < 1.29 is 9.53 Å². The first-order valence-corrected chi connectivity index (χ1v) is 6.04. The first kappa shape index (κ1) is 12.6. The maximum absolute atomic E-state index is 11.3. The van der Waals surface area contributed by atoms with Crippen molar-refractivity contribution in [3.63, 3.8) is 0 Å². The van der Waals surface area contributed by atoms with Gasteiger partial charge in [-0.15, -0.1) is 0 Å². The standard InChI is InChI=1S/C12H15N3O2S/c1-13-10(16)6-7-15-8-4-3-5-9(17-2)11(8)14-12(15)18/h3-5H,6-7H2,1-2H3,(H,13,16)(H,14,18). The van der Waals surface area contributed by atoms with E-state index in [2.05, 4.69) is 10.3 Å². The van der Waals surface area contributed by atoms with E-state index in [0.29, 0.717) is 17.7 Å². The van der Waals surface area contributed by atoms with Gasteiger partial charge < -0.3 is 19.6 Å². The maximum atomic E-state index is 11.3. The number of nitrogens with zero attached hydrogens (tertiary/aromatic N) is 1. The van der Waals surface area contributed by atoms with Crippen molar-refractivity contribution in [2.24, 2.45) is 0 Å². The van der Waals surface area contributed by atoms with E-state index in [1.807, 2.05) is 22.8 Å². The summed E-state index contributed by atoms with van der Waals surface area (Å²) in [5.41, 5.74) is 1.81. The zero-order valence-corrected chi connectivity index (χ0v) is 11.1. The number of aromatic nitrogens is 2. The molecule has 0 fully saturated rings. The molecule has 0 atom stereocenters. The number of fused-ring (bicyclic) bond motifs is 1. The van der Waals surface area contributed by atoms with Gasteiger partial charge in [-0.1, -0.05) is 6.07 Å². The van der Waals surface area contributed by atoms with Crippen molar-refractivity contribution in [3.05, 3.63) is 23.0 Å². The zero-order valence-electron chi connectivity index (χ0n) is 10.3. The molecule has 6 heteroatoms. The Morgan fingerprint density at radius 3 is 3.00 bits per heavy atom. The Labute approximate surface area is 110 Å². The molecular formula is C12H15N3O2S. The Morgan fingerprint density at radius 1 is 1.56 bits per heavy atom. The number of nitrogens with one attached hydrogen (secondary N) is 2. The highest BCUT2D eigenvalue weighted by atomic mass is 32.1. The van der Waals surface area contributed by atoms with Crippen molar-refractivity contribution in [1.82, 2.24) is 14.9 Å². The topological polar surface area (TPSA) is 59.0 Å². The lowest BCUT2D eigenvalue weighted by Gasteiger charge is -2.05. The number of ether oxygens (including phenoxy) is 1. The van der Waals surface area contributed by atoms with Gasteiger partial charge in [0.15, 0.2) is 4.77 Å². The number of benzene rings is 1. The number of hydrogen-bond acceptors (Lipinski definition) is 3. The van der Waals surface area contributed by atoms with Gasteiger partial charge in [-0.3, -0.25) is 4.79 Å². The van der Waals surface area contributed by atoms with E-state index in [9.17, 15) is 4.79 Å². The van der Waals surface area contributed by atoms with Crippen LogP contribution in [0.2, 0.25) is 0 Å². The van der Waals surface area contributed by atoms with E-state index in [1.54, 1.807) is 14.2 Å². The van der Waals surface area contributed by atoms with Gasteiger partial charge in [0, 0.05) is 20.0 Å². The summed E-state index contributed by atoms with van der Waals surface area (Å²) in [6.45, 7) is 0.547. The molecule has 0 spiro atoms. The summed E-state index contributed by atoms with van der Waals surface area (Å²) >= 11 is 5.27. The fourth-order valence-corrected chi connectivity index (χ4v) is 2.18. The second kappa shape index (κ2) is 5.22. The molecule has 0 radical (unpaired) electrons. The van der Waals surface area contributed by atoms with Crippen LogP contribution in [0.3, 0.4) is 0 Å². The molecule has 0 unspecified atom stereocenters. The van der Waals surface area contributed by atoms with Crippen LogP contribution in [0.4, 0.5) is 0 Å². The zero-order chi connectivity index (χ0) is 13.1. The van der Waals surface area contributed by atoms with Gasteiger partial charge in [0.2, 0.25) is 5.91 Å². The summed E-state index contributed by atoms with van der Waals surface area (Å²) in [7, 11) is 3.24. The Bertz CT molecular complexity index is 630. The highest BCUT2D eigenvalue weighted by Crippen LogP contribution is 2.24. The van der Waals surface area contributed by atoms with Crippen molar-refractivity contribution in [2.45, 2.75) is 13.0 Å². The predicted molar refractivity (Wildman–Crippen MR) is 72.4 cm³/mol. The predicted octanol–water partition coefficient (Wildman–Crippen LogP) is 1.84. The van der Waals surface area contributed by atoms with E-state index in [-0.39, 0.29) is 5.91 Å². The minimum absolute atomic E-state index is 0.00542. The molecule has 96 valence electrons. The van der Waals surface area contributed by atoms with Crippen LogP contribution in [-0.4, -0.2) is 29.6 Å². The molecule has 2 N–H and O–H groups in total. The number of H-pyrrole nitrogens is 1. The van der Waals surface area contributed by atoms with E-state index in [1.165, 1.54) is 0 Å². The van der Waals surface area contributed by atoms with Crippen LogP contribution in [-0.2, 0) is 11.3 Å². The number of rotatable bonds is 4. The molecule has 2 rings (SSSR count). The molecule has 0 aliphatic heterocycles.